The predicted octanol–water partition coefficient (Wildman–Crippen LogP) is 4.11. The van der Waals surface area contributed by atoms with Crippen molar-refractivity contribution < 1.29 is 9.90 Å². The van der Waals surface area contributed by atoms with Gasteiger partial charge in [-0.05, 0) is 24.3 Å². The molecule has 2 aromatic rings. The van der Waals surface area contributed by atoms with Crippen LogP contribution in [0.5, 0.6) is 0 Å². The summed E-state index contributed by atoms with van der Waals surface area (Å²) in [6.07, 6.45) is -0.902. The molecule has 0 aliphatic heterocycles. The van der Waals surface area contributed by atoms with Crippen LogP contribution in [0.2, 0.25) is 15.1 Å². The van der Waals surface area contributed by atoms with Crippen molar-refractivity contribution in [2.75, 3.05) is 6.54 Å². The van der Waals surface area contributed by atoms with Crippen molar-refractivity contribution in [3.05, 3.63) is 68.7 Å². The summed E-state index contributed by atoms with van der Waals surface area (Å²) in [4.78, 5) is 12.0. The molecular formula is C15H12Cl3NO2. The summed E-state index contributed by atoms with van der Waals surface area (Å²) in [5, 5.41) is 13.8. The lowest BCUT2D eigenvalue weighted by Crippen LogP contribution is -2.28. The number of aliphatic hydroxyl groups is 1. The van der Waals surface area contributed by atoms with Crippen LogP contribution in [0.4, 0.5) is 0 Å². The fraction of sp³-hybridized carbons (Fsp3) is 0.133. The molecule has 0 fully saturated rings. The van der Waals surface area contributed by atoms with Crippen molar-refractivity contribution in [2.45, 2.75) is 6.10 Å². The minimum Gasteiger partial charge on any atom is -0.387 e. The van der Waals surface area contributed by atoms with Crippen LogP contribution >= 0.6 is 34.8 Å². The van der Waals surface area contributed by atoms with Crippen LogP contribution in [0.15, 0.2) is 42.5 Å². The highest BCUT2D eigenvalue weighted by Crippen LogP contribution is 2.23. The minimum absolute atomic E-state index is 0.0193. The van der Waals surface area contributed by atoms with Crippen molar-refractivity contribution >= 4 is 40.7 Å². The van der Waals surface area contributed by atoms with E-state index in [9.17, 15) is 9.90 Å². The topological polar surface area (TPSA) is 49.3 Å². The first-order valence-electron chi connectivity index (χ1n) is 6.15. The molecule has 0 heterocycles. The Labute approximate surface area is 137 Å². The molecule has 0 saturated carbocycles. The van der Waals surface area contributed by atoms with E-state index in [0.29, 0.717) is 20.6 Å². The lowest BCUT2D eigenvalue weighted by molar-refractivity contribution is 0.0916. The highest BCUT2D eigenvalue weighted by atomic mass is 35.5. The third-order valence-electron chi connectivity index (χ3n) is 2.89. The number of carbonyl (C=O) groups excluding carboxylic acids is 1. The van der Waals surface area contributed by atoms with Crippen LogP contribution in [0.3, 0.4) is 0 Å². The van der Waals surface area contributed by atoms with Gasteiger partial charge >= 0.3 is 0 Å². The molecule has 1 atom stereocenters. The molecule has 2 aromatic carbocycles. The fourth-order valence-corrected chi connectivity index (χ4v) is 2.45. The minimum atomic E-state index is -0.902. The fourth-order valence-electron chi connectivity index (χ4n) is 1.81. The Morgan fingerprint density at radius 1 is 1.10 bits per heavy atom. The van der Waals surface area contributed by atoms with E-state index in [1.807, 2.05) is 0 Å². The van der Waals surface area contributed by atoms with Crippen LogP contribution in [0.1, 0.15) is 22.0 Å². The number of hydrogen-bond donors (Lipinski definition) is 2. The van der Waals surface area contributed by atoms with Gasteiger partial charge in [-0.15, -0.1) is 0 Å². The Bertz CT molecular complexity index is 661. The Balaban J connectivity index is 2.04. The third kappa shape index (κ3) is 4.11. The van der Waals surface area contributed by atoms with Gasteiger partial charge in [0, 0.05) is 22.2 Å². The molecular weight excluding hydrogens is 333 g/mol. The number of aliphatic hydroxyl groups excluding tert-OH is 1. The molecule has 0 bridgehead atoms. The first kappa shape index (κ1) is 16.1. The van der Waals surface area contributed by atoms with E-state index in [0.717, 1.165) is 0 Å². The molecule has 1 amide bonds. The van der Waals surface area contributed by atoms with Gasteiger partial charge in [-0.2, -0.15) is 0 Å². The highest BCUT2D eigenvalue weighted by Gasteiger charge is 2.15. The van der Waals surface area contributed by atoms with Crippen molar-refractivity contribution in [3.63, 3.8) is 0 Å². The van der Waals surface area contributed by atoms with Crippen molar-refractivity contribution in [3.8, 4) is 0 Å². The molecule has 0 radical (unpaired) electrons. The number of carbonyl (C=O) groups is 1. The van der Waals surface area contributed by atoms with E-state index in [1.54, 1.807) is 36.4 Å². The lowest BCUT2D eigenvalue weighted by atomic mass is 10.1. The predicted molar refractivity (Wildman–Crippen MR) is 85.2 cm³/mol. The SMILES string of the molecule is O=C(NCC(O)c1ccccc1Cl)c1cc(Cl)ccc1Cl. The maximum Gasteiger partial charge on any atom is 0.252 e. The van der Waals surface area contributed by atoms with Gasteiger partial charge in [-0.3, -0.25) is 4.79 Å². The summed E-state index contributed by atoms with van der Waals surface area (Å²) >= 11 is 17.8. The molecule has 0 saturated heterocycles. The molecule has 0 aromatic heterocycles. The zero-order valence-corrected chi connectivity index (χ0v) is 13.1. The van der Waals surface area contributed by atoms with Crippen LogP contribution in [0.25, 0.3) is 0 Å². The van der Waals surface area contributed by atoms with Crippen LogP contribution in [0, 0.1) is 0 Å². The number of halogens is 3. The Morgan fingerprint density at radius 2 is 1.81 bits per heavy atom. The molecule has 0 aliphatic rings. The molecule has 110 valence electrons. The van der Waals surface area contributed by atoms with Crippen LogP contribution < -0.4 is 5.32 Å². The maximum absolute atomic E-state index is 12.0. The Morgan fingerprint density at radius 3 is 2.52 bits per heavy atom. The van der Waals surface area contributed by atoms with E-state index in [4.69, 9.17) is 34.8 Å². The van der Waals surface area contributed by atoms with E-state index < -0.39 is 12.0 Å². The first-order valence-corrected chi connectivity index (χ1v) is 7.28. The lowest BCUT2D eigenvalue weighted by Gasteiger charge is -2.14. The zero-order chi connectivity index (χ0) is 15.4. The molecule has 21 heavy (non-hydrogen) atoms. The summed E-state index contributed by atoms with van der Waals surface area (Å²) in [5.41, 5.74) is 0.812. The second kappa shape index (κ2) is 7.14. The van der Waals surface area contributed by atoms with Gasteiger partial charge in [0.05, 0.1) is 16.7 Å². The van der Waals surface area contributed by atoms with Gasteiger partial charge in [0.1, 0.15) is 0 Å². The van der Waals surface area contributed by atoms with E-state index >= 15 is 0 Å². The average molecular weight is 345 g/mol. The summed E-state index contributed by atoms with van der Waals surface area (Å²) in [5.74, 6) is -0.409. The van der Waals surface area contributed by atoms with Gasteiger partial charge in [0.15, 0.2) is 0 Å². The molecule has 0 aliphatic carbocycles. The maximum atomic E-state index is 12.0. The molecule has 1 unspecified atom stereocenters. The van der Waals surface area contributed by atoms with E-state index in [2.05, 4.69) is 5.32 Å². The second-order valence-electron chi connectivity index (χ2n) is 4.37. The number of benzene rings is 2. The monoisotopic (exact) mass is 343 g/mol. The molecule has 6 heteroatoms. The smallest absolute Gasteiger partial charge is 0.252 e. The van der Waals surface area contributed by atoms with E-state index in [-0.39, 0.29) is 12.1 Å². The molecule has 2 N–H and O–H groups in total. The average Bonchev–Trinajstić information content (AvgIpc) is 2.47. The standard InChI is InChI=1S/C15H12Cl3NO2/c16-9-5-6-13(18)11(7-9)15(21)19-8-14(20)10-3-1-2-4-12(10)17/h1-7,14,20H,8H2,(H,19,21). The second-order valence-corrected chi connectivity index (χ2v) is 5.62. The van der Waals surface area contributed by atoms with Gasteiger partial charge in [-0.1, -0.05) is 53.0 Å². The first-order chi connectivity index (χ1) is 9.99. The van der Waals surface area contributed by atoms with Crippen LogP contribution in [-0.2, 0) is 0 Å². The normalized spacial score (nSPS) is 12.0. The number of rotatable bonds is 4. The van der Waals surface area contributed by atoms with Gasteiger partial charge < -0.3 is 10.4 Å². The number of amides is 1. The van der Waals surface area contributed by atoms with Crippen molar-refractivity contribution in [1.82, 2.24) is 5.32 Å². The van der Waals surface area contributed by atoms with Crippen LogP contribution in [-0.4, -0.2) is 17.6 Å². The van der Waals surface area contributed by atoms with Crippen molar-refractivity contribution in [1.29, 1.82) is 0 Å². The Kier molecular flexibility index (Phi) is 5.48. The Hall–Kier alpha value is -1.26. The summed E-state index contributed by atoms with van der Waals surface area (Å²) in [6, 6.07) is 11.5. The number of nitrogens with one attached hydrogen (secondary N) is 1. The highest BCUT2D eigenvalue weighted by molar-refractivity contribution is 6.35. The van der Waals surface area contributed by atoms with Gasteiger partial charge in [0.2, 0.25) is 0 Å². The summed E-state index contributed by atoms with van der Waals surface area (Å²) in [7, 11) is 0. The molecule has 3 nitrogen and oxygen atoms in total. The van der Waals surface area contributed by atoms with Gasteiger partial charge in [0.25, 0.3) is 5.91 Å². The quantitative estimate of drug-likeness (QED) is 0.877. The summed E-state index contributed by atoms with van der Waals surface area (Å²) < 4.78 is 0. The van der Waals surface area contributed by atoms with E-state index in [1.165, 1.54) is 6.07 Å². The number of hydrogen-bond acceptors (Lipinski definition) is 2. The molecule has 0 spiro atoms. The van der Waals surface area contributed by atoms with Gasteiger partial charge in [-0.25, -0.2) is 0 Å². The third-order valence-corrected chi connectivity index (χ3v) is 3.80. The summed E-state index contributed by atoms with van der Waals surface area (Å²) in [6.45, 7) is 0.0193. The van der Waals surface area contributed by atoms with Crippen molar-refractivity contribution in [2.24, 2.45) is 0 Å². The zero-order valence-electron chi connectivity index (χ0n) is 10.8. The molecule has 2 rings (SSSR count). The largest absolute Gasteiger partial charge is 0.387 e.